The van der Waals surface area contributed by atoms with Crippen LogP contribution in [0.2, 0.25) is 0 Å². The van der Waals surface area contributed by atoms with Crippen molar-refractivity contribution in [1.29, 1.82) is 0 Å². The highest BCUT2D eigenvalue weighted by Gasteiger charge is 2.51. The Kier molecular flexibility index (Phi) is 8.32. The van der Waals surface area contributed by atoms with E-state index in [0.717, 1.165) is 16.8 Å². The van der Waals surface area contributed by atoms with Gasteiger partial charge in [-0.3, -0.25) is 9.59 Å². The molecule has 0 amide bonds. The van der Waals surface area contributed by atoms with E-state index in [1.54, 1.807) is 5.10 Å². The van der Waals surface area contributed by atoms with Crippen LogP contribution in [0.15, 0.2) is 52.6 Å². The van der Waals surface area contributed by atoms with Crippen molar-refractivity contribution < 1.29 is 40.2 Å². The Labute approximate surface area is 236 Å². The van der Waals surface area contributed by atoms with Crippen molar-refractivity contribution in [1.82, 2.24) is 24.7 Å². The average molecular weight is 618 g/mol. The Hall–Kier alpha value is -4.41. The summed E-state index contributed by atoms with van der Waals surface area (Å²) in [5, 5.41) is 17.2. The van der Waals surface area contributed by atoms with Crippen LogP contribution in [-0.4, -0.2) is 48.2 Å². The minimum atomic E-state index is -5.02. The number of hydrogen-bond donors (Lipinski definition) is 3. The van der Waals surface area contributed by atoms with Crippen molar-refractivity contribution in [2.24, 2.45) is 0 Å². The Bertz CT molecular complexity index is 1750. The van der Waals surface area contributed by atoms with E-state index in [1.165, 1.54) is 25.3 Å². The van der Waals surface area contributed by atoms with Gasteiger partial charge in [-0.25, -0.2) is 23.8 Å². The van der Waals surface area contributed by atoms with Crippen molar-refractivity contribution in [2.45, 2.75) is 57.0 Å². The van der Waals surface area contributed by atoms with Crippen LogP contribution in [-0.2, 0) is 18.3 Å². The molecule has 9 nitrogen and oxygen atoms in total. The predicted octanol–water partition coefficient (Wildman–Crippen LogP) is 4.70. The van der Waals surface area contributed by atoms with E-state index in [0.29, 0.717) is 19.3 Å². The quantitative estimate of drug-likeness (QED) is 0.245. The second kappa shape index (κ2) is 11.3. The number of aliphatic hydroxyl groups is 1. The van der Waals surface area contributed by atoms with Crippen LogP contribution in [0.1, 0.15) is 31.4 Å². The summed E-state index contributed by atoms with van der Waals surface area (Å²) in [6.45, 7) is 1.35. The zero-order chi connectivity index (χ0) is 31.9. The number of nitrogens with one attached hydrogen (secondary N) is 2. The van der Waals surface area contributed by atoms with Crippen LogP contribution in [0.25, 0.3) is 22.2 Å². The lowest BCUT2D eigenvalue weighted by Crippen LogP contribution is -2.39. The molecule has 0 aliphatic carbocycles. The van der Waals surface area contributed by atoms with Gasteiger partial charge in [-0.05, 0) is 37.4 Å². The third kappa shape index (κ3) is 6.50. The van der Waals surface area contributed by atoms with Gasteiger partial charge in [-0.15, -0.1) is 0 Å². The summed E-state index contributed by atoms with van der Waals surface area (Å²) >= 11 is 0. The summed E-state index contributed by atoms with van der Waals surface area (Å²) in [7, 11) is 0. The first kappa shape index (κ1) is 31.5. The first-order chi connectivity index (χ1) is 19.9. The molecule has 0 unspecified atom stereocenters. The van der Waals surface area contributed by atoms with E-state index in [-0.39, 0.29) is 28.6 Å². The molecule has 0 aliphatic rings. The highest BCUT2D eigenvalue weighted by molar-refractivity contribution is 5.86. The van der Waals surface area contributed by atoms with Gasteiger partial charge in [-0.1, -0.05) is 0 Å². The monoisotopic (exact) mass is 618 g/mol. The Balaban J connectivity index is 1.52. The number of pyridine rings is 1. The van der Waals surface area contributed by atoms with Gasteiger partial charge in [0.05, 0.1) is 29.4 Å². The lowest BCUT2D eigenvalue weighted by molar-refractivity contribution is -0.259. The summed E-state index contributed by atoms with van der Waals surface area (Å²) in [6, 6.07) is 2.44. The summed E-state index contributed by atoms with van der Waals surface area (Å²) < 4.78 is 110. The maximum absolute atomic E-state index is 15.0. The molecular formula is C26H22F8N6O3. The molecule has 3 atom stereocenters. The van der Waals surface area contributed by atoms with Gasteiger partial charge in [-0.2, -0.15) is 31.4 Å². The summed E-state index contributed by atoms with van der Waals surface area (Å²) in [6.07, 6.45) is -8.79. The number of halogens is 8. The Morgan fingerprint density at radius 1 is 1.07 bits per heavy atom. The highest BCUT2D eigenvalue weighted by atomic mass is 19.4. The second-order valence-corrected chi connectivity index (χ2v) is 9.92. The van der Waals surface area contributed by atoms with E-state index >= 15 is 0 Å². The summed E-state index contributed by atoms with van der Waals surface area (Å²) in [5.41, 5.74) is -8.60. The maximum Gasteiger partial charge on any atom is 0.423 e. The van der Waals surface area contributed by atoms with Crippen LogP contribution in [0, 0.1) is 5.82 Å². The lowest BCUT2D eigenvalue weighted by Gasteiger charge is -2.25. The molecule has 0 fully saturated rings. The number of anilines is 1. The molecular weight excluding hydrogens is 596 g/mol. The summed E-state index contributed by atoms with van der Waals surface area (Å²) in [4.78, 5) is 32.0. The fourth-order valence-electron chi connectivity index (χ4n) is 4.29. The number of aromatic amines is 1. The van der Waals surface area contributed by atoms with Crippen molar-refractivity contribution in [3.8, 4) is 11.4 Å². The van der Waals surface area contributed by atoms with Crippen LogP contribution < -0.4 is 16.4 Å². The fraction of sp³-hybridized carbons (Fsp3) is 0.346. The third-order valence-electron chi connectivity index (χ3n) is 6.62. The molecule has 0 bridgehead atoms. The van der Waals surface area contributed by atoms with Gasteiger partial charge in [0.2, 0.25) is 0 Å². The topological polar surface area (TPSA) is 126 Å². The van der Waals surface area contributed by atoms with Gasteiger partial charge < -0.3 is 15.0 Å². The molecule has 17 heteroatoms. The van der Waals surface area contributed by atoms with Gasteiger partial charge in [0, 0.05) is 36.6 Å². The molecule has 3 N–H and O–H groups in total. The highest BCUT2D eigenvalue weighted by Crippen LogP contribution is 2.38. The largest absolute Gasteiger partial charge is 0.423 e. The SMILES string of the molecule is C[C@@H](C[C@@H](F)Cn1ccc2cc(-c3ncc([C@](C)(O)C(F)(F)F)cn3)c(F)cc2c1=O)Nc1cn[nH]c(=O)c1C(F)(F)F. The normalized spacial score (nSPS) is 15.2. The van der Waals surface area contributed by atoms with Crippen molar-refractivity contribution in [3.05, 3.63) is 80.6 Å². The third-order valence-corrected chi connectivity index (χ3v) is 6.62. The number of benzene rings is 1. The zero-order valence-electron chi connectivity index (χ0n) is 22.2. The molecule has 0 saturated carbocycles. The van der Waals surface area contributed by atoms with Gasteiger partial charge >= 0.3 is 12.4 Å². The van der Waals surface area contributed by atoms with E-state index in [1.807, 2.05) is 0 Å². The molecule has 4 rings (SSSR count). The number of rotatable bonds is 8. The molecule has 0 saturated heterocycles. The van der Waals surface area contributed by atoms with E-state index in [2.05, 4.69) is 20.4 Å². The molecule has 1 aromatic carbocycles. The summed E-state index contributed by atoms with van der Waals surface area (Å²) in [5.74, 6) is -1.32. The Morgan fingerprint density at radius 3 is 2.33 bits per heavy atom. The lowest BCUT2D eigenvalue weighted by atomic mass is 9.98. The smallest absolute Gasteiger partial charge is 0.381 e. The van der Waals surface area contributed by atoms with Crippen molar-refractivity contribution >= 4 is 16.5 Å². The van der Waals surface area contributed by atoms with Crippen LogP contribution >= 0.6 is 0 Å². The number of H-pyrrole nitrogens is 1. The second-order valence-electron chi connectivity index (χ2n) is 9.92. The first-order valence-corrected chi connectivity index (χ1v) is 12.4. The van der Waals surface area contributed by atoms with E-state index < -0.39 is 70.5 Å². The molecule has 0 radical (unpaired) electrons. The van der Waals surface area contributed by atoms with E-state index in [4.69, 9.17) is 0 Å². The zero-order valence-corrected chi connectivity index (χ0v) is 22.2. The minimum absolute atomic E-state index is 0.164. The van der Waals surface area contributed by atoms with Crippen molar-refractivity contribution in [2.75, 3.05) is 5.32 Å². The molecule has 3 aromatic heterocycles. The number of nitrogens with zero attached hydrogens (tertiary/aromatic N) is 4. The number of aromatic nitrogens is 5. The number of alkyl halides is 7. The fourth-order valence-corrected chi connectivity index (χ4v) is 4.29. The standard InChI is InChI=1S/C26H22F8N6O3/c1-12(38-19-10-37-39-22(41)20(19)25(29,30)31)5-15(27)11-40-4-3-13-6-17(18(28)7-16(13)23(40)42)21-35-8-14(9-36-21)24(2,43)26(32,33)34/h3-4,6-10,12,15,43H,5,11H2,1-2H3,(H2,38,39,41)/t12-,15+,24-/m0/s1. The molecule has 0 aliphatic heterocycles. The number of fused-ring (bicyclic) bond motifs is 1. The molecule has 3 heterocycles. The van der Waals surface area contributed by atoms with E-state index in [9.17, 15) is 49.8 Å². The van der Waals surface area contributed by atoms with Crippen LogP contribution in [0.3, 0.4) is 0 Å². The molecule has 4 aromatic rings. The van der Waals surface area contributed by atoms with Crippen LogP contribution in [0.5, 0.6) is 0 Å². The minimum Gasteiger partial charge on any atom is -0.381 e. The van der Waals surface area contributed by atoms with Crippen molar-refractivity contribution in [3.63, 3.8) is 0 Å². The van der Waals surface area contributed by atoms with Gasteiger partial charge in [0.25, 0.3) is 11.1 Å². The van der Waals surface area contributed by atoms with Gasteiger partial charge in [0.1, 0.15) is 17.6 Å². The van der Waals surface area contributed by atoms with Crippen LogP contribution in [0.4, 0.5) is 40.8 Å². The first-order valence-electron chi connectivity index (χ1n) is 12.4. The average Bonchev–Trinajstić information content (AvgIpc) is 2.89. The maximum atomic E-state index is 15.0. The molecule has 0 spiro atoms. The van der Waals surface area contributed by atoms with Gasteiger partial charge in [0.15, 0.2) is 11.4 Å². The Morgan fingerprint density at radius 2 is 1.72 bits per heavy atom. The molecule has 43 heavy (non-hydrogen) atoms. The number of hydrogen-bond acceptors (Lipinski definition) is 7. The molecule has 230 valence electrons. The predicted molar refractivity (Wildman–Crippen MR) is 137 cm³/mol.